The third-order valence-corrected chi connectivity index (χ3v) is 6.08. The summed E-state index contributed by atoms with van der Waals surface area (Å²) in [6, 6.07) is 10.4. The van der Waals surface area contributed by atoms with Crippen LogP contribution in [-0.4, -0.2) is 59.8 Å². The average molecular weight is 568 g/mol. The highest BCUT2D eigenvalue weighted by Gasteiger charge is 2.22. The third-order valence-electron chi connectivity index (χ3n) is 6.08. The van der Waals surface area contributed by atoms with Crippen molar-refractivity contribution in [2.75, 3.05) is 33.2 Å². The van der Waals surface area contributed by atoms with Gasteiger partial charge in [-0.1, -0.05) is 18.2 Å². The zero-order valence-electron chi connectivity index (χ0n) is 20.0. The van der Waals surface area contributed by atoms with Crippen molar-refractivity contribution in [2.45, 2.75) is 46.1 Å². The number of likely N-dealkylation sites (tertiary alicyclic amines) is 1. The predicted molar refractivity (Wildman–Crippen MR) is 144 cm³/mol. The number of nitrogens with zero attached hydrogens (tertiary/aromatic N) is 4. The van der Waals surface area contributed by atoms with E-state index in [0.29, 0.717) is 6.54 Å². The summed E-state index contributed by atoms with van der Waals surface area (Å²) in [5, 5.41) is 11.5. The number of nitrogens with two attached hydrogens (primary N) is 1. The van der Waals surface area contributed by atoms with Gasteiger partial charge in [0.05, 0.1) is 11.4 Å². The topological polar surface area (TPSA) is 101 Å². The number of halogens is 1. The molecule has 0 unspecified atom stereocenters. The zero-order valence-corrected chi connectivity index (χ0v) is 22.3. The summed E-state index contributed by atoms with van der Waals surface area (Å²) in [5.41, 5.74) is 9.80. The highest BCUT2D eigenvalue weighted by molar-refractivity contribution is 14.0. The first-order valence-electron chi connectivity index (χ1n) is 11.6. The van der Waals surface area contributed by atoms with Crippen molar-refractivity contribution in [3.05, 3.63) is 47.3 Å². The van der Waals surface area contributed by atoms with Gasteiger partial charge in [-0.2, -0.15) is 5.10 Å². The minimum atomic E-state index is -0.148. The van der Waals surface area contributed by atoms with Crippen molar-refractivity contribution < 1.29 is 4.79 Å². The van der Waals surface area contributed by atoms with Crippen molar-refractivity contribution in [1.29, 1.82) is 0 Å². The monoisotopic (exact) mass is 567 g/mol. The number of hydrogen-bond donors (Lipinski definition) is 3. The van der Waals surface area contributed by atoms with Crippen molar-refractivity contribution in [2.24, 2.45) is 16.6 Å². The van der Waals surface area contributed by atoms with E-state index in [1.165, 1.54) is 5.56 Å². The van der Waals surface area contributed by atoms with Crippen molar-refractivity contribution >= 4 is 35.8 Å². The number of unbranched alkanes of at least 4 members (excludes halogenated alkanes) is 1. The second-order valence-electron chi connectivity index (χ2n) is 8.55. The van der Waals surface area contributed by atoms with Crippen LogP contribution in [0.5, 0.6) is 0 Å². The number of para-hydroxylation sites is 1. The van der Waals surface area contributed by atoms with Crippen LogP contribution in [0.2, 0.25) is 0 Å². The number of nitrogens with one attached hydrogen (secondary N) is 2. The predicted octanol–water partition coefficient (Wildman–Crippen LogP) is 2.75. The lowest BCUT2D eigenvalue weighted by Crippen LogP contribution is -2.39. The van der Waals surface area contributed by atoms with Gasteiger partial charge in [-0.3, -0.25) is 9.79 Å². The third kappa shape index (κ3) is 7.99. The van der Waals surface area contributed by atoms with E-state index >= 15 is 0 Å². The van der Waals surface area contributed by atoms with Gasteiger partial charge in [0, 0.05) is 31.7 Å². The van der Waals surface area contributed by atoms with Gasteiger partial charge in [-0.25, -0.2) is 4.68 Å². The Morgan fingerprint density at radius 2 is 1.91 bits per heavy atom. The van der Waals surface area contributed by atoms with Gasteiger partial charge in [0.15, 0.2) is 5.96 Å². The number of piperidine rings is 1. The van der Waals surface area contributed by atoms with Crippen LogP contribution in [0.3, 0.4) is 0 Å². The number of aliphatic imine (C=N–C) groups is 1. The average Bonchev–Trinajstić information content (AvgIpc) is 3.13. The van der Waals surface area contributed by atoms with Crippen LogP contribution < -0.4 is 16.4 Å². The standard InChI is InChI=1S/C24H37N7O.HI/c1-18-16-19(2)31(29-18)22-9-5-4-8-21(22)17-28-24(26-3)27-12-6-7-13-30-14-10-20(11-15-30)23(25)32;/h4-5,8-9,16,20H,6-7,10-15,17H2,1-3H3,(H2,25,32)(H2,26,27,28);1H. The SMILES string of the molecule is CN=C(NCCCCN1CCC(C(N)=O)CC1)NCc1ccccc1-n1nc(C)cc1C.I. The molecule has 33 heavy (non-hydrogen) atoms. The molecule has 3 rings (SSSR count). The van der Waals surface area contributed by atoms with Crippen LogP contribution >= 0.6 is 24.0 Å². The molecule has 2 aromatic rings. The second kappa shape index (κ2) is 13.5. The number of benzene rings is 1. The fourth-order valence-electron chi connectivity index (χ4n) is 4.25. The van der Waals surface area contributed by atoms with Gasteiger partial charge in [-0.05, 0) is 76.9 Å². The molecule has 1 aromatic carbocycles. The molecule has 1 amide bonds. The molecule has 0 aliphatic carbocycles. The second-order valence-corrected chi connectivity index (χ2v) is 8.55. The van der Waals surface area contributed by atoms with Crippen molar-refractivity contribution in [3.8, 4) is 5.69 Å². The Balaban J connectivity index is 0.00000385. The molecular formula is C24H38IN7O. The van der Waals surface area contributed by atoms with Crippen molar-refractivity contribution in [3.63, 3.8) is 0 Å². The summed E-state index contributed by atoms with van der Waals surface area (Å²) in [5.74, 6) is 0.717. The normalized spacial score (nSPS) is 15.2. The van der Waals surface area contributed by atoms with Gasteiger partial charge < -0.3 is 21.3 Å². The first-order valence-corrected chi connectivity index (χ1v) is 11.6. The highest BCUT2D eigenvalue weighted by Crippen LogP contribution is 2.18. The summed E-state index contributed by atoms with van der Waals surface area (Å²) < 4.78 is 1.99. The van der Waals surface area contributed by atoms with Crippen LogP contribution in [0, 0.1) is 19.8 Å². The number of amides is 1. The van der Waals surface area contributed by atoms with E-state index in [2.05, 4.69) is 56.8 Å². The quantitative estimate of drug-likeness (QED) is 0.187. The maximum atomic E-state index is 11.3. The lowest BCUT2D eigenvalue weighted by atomic mass is 9.96. The van der Waals surface area contributed by atoms with E-state index in [4.69, 9.17) is 5.73 Å². The molecule has 2 heterocycles. The molecule has 0 bridgehead atoms. The number of guanidine groups is 1. The van der Waals surface area contributed by atoms with Crippen LogP contribution in [0.4, 0.5) is 0 Å². The molecule has 1 fully saturated rings. The Hall–Kier alpha value is -2.14. The van der Waals surface area contributed by atoms with Gasteiger partial charge in [0.2, 0.25) is 5.91 Å². The summed E-state index contributed by atoms with van der Waals surface area (Å²) in [4.78, 5) is 18.1. The van der Waals surface area contributed by atoms with E-state index in [1.807, 2.05) is 17.7 Å². The minimum Gasteiger partial charge on any atom is -0.369 e. The Morgan fingerprint density at radius 3 is 2.55 bits per heavy atom. The molecule has 4 N–H and O–H groups in total. The molecule has 8 nitrogen and oxygen atoms in total. The lowest BCUT2D eigenvalue weighted by molar-refractivity contribution is -0.123. The smallest absolute Gasteiger partial charge is 0.220 e. The molecule has 0 spiro atoms. The summed E-state index contributed by atoms with van der Waals surface area (Å²) >= 11 is 0. The van der Waals surface area contributed by atoms with Gasteiger partial charge >= 0.3 is 0 Å². The fourth-order valence-corrected chi connectivity index (χ4v) is 4.25. The number of primary amides is 1. The molecule has 0 radical (unpaired) electrons. The summed E-state index contributed by atoms with van der Waals surface area (Å²) in [7, 11) is 1.80. The molecule has 1 saturated heterocycles. The number of rotatable bonds is 9. The molecule has 1 aliphatic rings. The van der Waals surface area contributed by atoms with Crippen LogP contribution in [-0.2, 0) is 11.3 Å². The van der Waals surface area contributed by atoms with Crippen molar-refractivity contribution in [1.82, 2.24) is 25.3 Å². The first-order chi connectivity index (χ1) is 15.5. The molecule has 182 valence electrons. The Morgan fingerprint density at radius 1 is 1.18 bits per heavy atom. The largest absolute Gasteiger partial charge is 0.369 e. The van der Waals surface area contributed by atoms with E-state index in [1.54, 1.807) is 7.05 Å². The van der Waals surface area contributed by atoms with Crippen LogP contribution in [0.25, 0.3) is 5.69 Å². The van der Waals surface area contributed by atoms with Crippen LogP contribution in [0.15, 0.2) is 35.3 Å². The Bertz CT molecular complexity index is 919. The first kappa shape index (κ1) is 27.1. The Kier molecular flexibility index (Phi) is 11.1. The Labute approximate surface area is 214 Å². The number of aromatic nitrogens is 2. The highest BCUT2D eigenvalue weighted by atomic mass is 127. The minimum absolute atomic E-state index is 0. The lowest BCUT2D eigenvalue weighted by Gasteiger charge is -2.30. The van der Waals surface area contributed by atoms with Gasteiger partial charge in [0.25, 0.3) is 0 Å². The number of hydrogen-bond acceptors (Lipinski definition) is 4. The molecular weight excluding hydrogens is 529 g/mol. The molecule has 0 saturated carbocycles. The maximum absolute atomic E-state index is 11.3. The number of aryl methyl sites for hydroxylation is 2. The zero-order chi connectivity index (χ0) is 22.9. The van der Waals surface area contributed by atoms with E-state index in [0.717, 1.165) is 74.9 Å². The van der Waals surface area contributed by atoms with Gasteiger partial charge in [0.1, 0.15) is 0 Å². The maximum Gasteiger partial charge on any atom is 0.220 e. The summed E-state index contributed by atoms with van der Waals surface area (Å²) in [6.07, 6.45) is 3.97. The van der Waals surface area contributed by atoms with Crippen LogP contribution in [0.1, 0.15) is 42.6 Å². The van der Waals surface area contributed by atoms with E-state index in [9.17, 15) is 4.79 Å². The number of carbonyl (C=O) groups excluding carboxylic acids is 1. The molecule has 1 aliphatic heterocycles. The molecule has 0 atom stereocenters. The molecule has 1 aromatic heterocycles. The van der Waals surface area contributed by atoms with Gasteiger partial charge in [-0.15, -0.1) is 24.0 Å². The fraction of sp³-hybridized carbons (Fsp3) is 0.542. The molecule has 9 heteroatoms. The van der Waals surface area contributed by atoms with E-state index in [-0.39, 0.29) is 35.8 Å². The number of carbonyl (C=O) groups is 1. The summed E-state index contributed by atoms with van der Waals surface area (Å²) in [6.45, 7) is 8.64. The van der Waals surface area contributed by atoms with E-state index < -0.39 is 0 Å².